The number of carbonyl (C=O) groups is 2. The van der Waals surface area contributed by atoms with Crippen molar-refractivity contribution < 1.29 is 9.59 Å². The number of carbonyl (C=O) groups excluding carboxylic acids is 2. The van der Waals surface area contributed by atoms with Crippen molar-refractivity contribution in [1.82, 2.24) is 20.2 Å². The molecule has 2 heterocycles. The summed E-state index contributed by atoms with van der Waals surface area (Å²) in [4.78, 5) is 27.0. The highest BCUT2D eigenvalue weighted by molar-refractivity contribution is 9.10. The van der Waals surface area contributed by atoms with Gasteiger partial charge in [0.15, 0.2) is 0 Å². The summed E-state index contributed by atoms with van der Waals surface area (Å²) in [7, 11) is 0. The average molecular weight is 487 g/mol. The molecule has 2 amide bonds. The molecule has 30 heavy (non-hydrogen) atoms. The summed E-state index contributed by atoms with van der Waals surface area (Å²) in [5.74, 6) is -0.650. The predicted molar refractivity (Wildman–Crippen MR) is 119 cm³/mol. The molecule has 10 heteroatoms. The van der Waals surface area contributed by atoms with Gasteiger partial charge in [0.1, 0.15) is 0 Å². The van der Waals surface area contributed by atoms with E-state index < -0.39 is 5.92 Å². The number of rotatable bonds is 5. The average Bonchev–Trinajstić information content (AvgIpc) is 3.37. The van der Waals surface area contributed by atoms with E-state index in [0.717, 1.165) is 21.4 Å². The van der Waals surface area contributed by atoms with Crippen LogP contribution in [0, 0.1) is 12.8 Å². The number of nitrogens with zero attached hydrogens (tertiary/aromatic N) is 5. The van der Waals surface area contributed by atoms with Crippen LogP contribution in [0.15, 0.2) is 52.1 Å². The van der Waals surface area contributed by atoms with Gasteiger partial charge in [-0.3, -0.25) is 9.59 Å². The second kappa shape index (κ2) is 8.57. The first-order valence-electron chi connectivity index (χ1n) is 9.26. The van der Waals surface area contributed by atoms with Crippen LogP contribution in [0.25, 0.3) is 5.69 Å². The maximum absolute atomic E-state index is 12.8. The van der Waals surface area contributed by atoms with Crippen LogP contribution in [0.3, 0.4) is 0 Å². The zero-order valence-corrected chi connectivity index (χ0v) is 18.8. The Kier molecular flexibility index (Phi) is 5.87. The van der Waals surface area contributed by atoms with Gasteiger partial charge in [0.05, 0.1) is 11.6 Å². The number of thioether (sulfide) groups is 1. The molecule has 3 aromatic rings. The Morgan fingerprint density at radius 1 is 1.23 bits per heavy atom. The van der Waals surface area contributed by atoms with Crippen molar-refractivity contribution in [2.45, 2.75) is 18.5 Å². The van der Waals surface area contributed by atoms with Gasteiger partial charge >= 0.3 is 0 Å². The molecule has 0 radical (unpaired) electrons. The van der Waals surface area contributed by atoms with E-state index in [9.17, 15) is 9.59 Å². The summed E-state index contributed by atoms with van der Waals surface area (Å²) in [6, 6.07) is 13.0. The van der Waals surface area contributed by atoms with Gasteiger partial charge < -0.3 is 10.2 Å². The highest BCUT2D eigenvalue weighted by Crippen LogP contribution is 2.29. The van der Waals surface area contributed by atoms with Crippen molar-refractivity contribution in [3.05, 3.63) is 52.5 Å². The number of hydrogen-bond acceptors (Lipinski definition) is 6. The van der Waals surface area contributed by atoms with Gasteiger partial charge in [-0.05, 0) is 65.6 Å². The van der Waals surface area contributed by atoms with E-state index in [1.807, 2.05) is 43.5 Å². The summed E-state index contributed by atoms with van der Waals surface area (Å²) in [5, 5.41) is 15.2. The van der Waals surface area contributed by atoms with Crippen LogP contribution < -0.4 is 10.2 Å². The van der Waals surface area contributed by atoms with Crippen molar-refractivity contribution in [3.63, 3.8) is 0 Å². The fraction of sp³-hybridized carbons (Fsp3) is 0.250. The standard InChI is InChI=1S/C20H19BrN6O2S/c1-12-8-15(6-7-17(12)21)26-11-13(9-18(26)28)19(29)22-14-4-3-5-16(10-14)27-20(30-2)23-24-25-27/h3-8,10,13H,9,11H2,1-2H3,(H,22,29). The molecule has 1 atom stereocenters. The van der Waals surface area contributed by atoms with E-state index in [1.54, 1.807) is 21.7 Å². The molecule has 1 aromatic heterocycles. The van der Waals surface area contributed by atoms with Crippen molar-refractivity contribution in [1.29, 1.82) is 0 Å². The van der Waals surface area contributed by atoms with E-state index in [2.05, 4.69) is 36.8 Å². The summed E-state index contributed by atoms with van der Waals surface area (Å²) >= 11 is 4.90. The van der Waals surface area contributed by atoms with Gasteiger partial charge in [0.2, 0.25) is 17.0 Å². The van der Waals surface area contributed by atoms with Gasteiger partial charge in [-0.15, -0.1) is 5.10 Å². The highest BCUT2D eigenvalue weighted by atomic mass is 79.9. The molecular weight excluding hydrogens is 468 g/mol. The molecule has 0 aliphatic carbocycles. The SMILES string of the molecule is CSc1nnnn1-c1cccc(NC(=O)C2CC(=O)N(c3ccc(Br)c(C)c3)C2)c1. The monoisotopic (exact) mass is 486 g/mol. The number of tetrazole rings is 1. The van der Waals surface area contributed by atoms with Crippen molar-refractivity contribution >= 4 is 50.9 Å². The zero-order chi connectivity index (χ0) is 21.3. The van der Waals surface area contributed by atoms with Gasteiger partial charge in [-0.25, -0.2) is 0 Å². The van der Waals surface area contributed by atoms with Gasteiger partial charge in [-0.2, -0.15) is 4.68 Å². The normalized spacial score (nSPS) is 16.2. The minimum absolute atomic E-state index is 0.0519. The Labute approximate surface area is 186 Å². The number of halogens is 1. The first-order valence-corrected chi connectivity index (χ1v) is 11.3. The van der Waals surface area contributed by atoms with Gasteiger partial charge in [0, 0.05) is 28.8 Å². The molecule has 0 bridgehead atoms. The number of hydrogen-bond donors (Lipinski definition) is 1. The minimum Gasteiger partial charge on any atom is -0.326 e. The molecule has 1 aliphatic heterocycles. The second-order valence-corrected chi connectivity index (χ2v) is 8.58. The van der Waals surface area contributed by atoms with Crippen LogP contribution in [0.2, 0.25) is 0 Å². The Bertz CT molecular complexity index is 1120. The number of anilines is 2. The lowest BCUT2D eigenvalue weighted by molar-refractivity contribution is -0.122. The summed E-state index contributed by atoms with van der Waals surface area (Å²) in [5.41, 5.74) is 3.22. The van der Waals surface area contributed by atoms with E-state index in [1.165, 1.54) is 11.8 Å². The van der Waals surface area contributed by atoms with E-state index in [-0.39, 0.29) is 18.2 Å². The number of nitrogens with one attached hydrogen (secondary N) is 1. The number of aromatic nitrogens is 4. The Morgan fingerprint density at radius 2 is 2.07 bits per heavy atom. The van der Waals surface area contributed by atoms with E-state index in [0.29, 0.717) is 17.4 Å². The molecule has 1 unspecified atom stereocenters. The zero-order valence-electron chi connectivity index (χ0n) is 16.4. The molecule has 1 N–H and O–H groups in total. The smallest absolute Gasteiger partial charge is 0.229 e. The van der Waals surface area contributed by atoms with Gasteiger partial charge in [0.25, 0.3) is 0 Å². The minimum atomic E-state index is -0.417. The van der Waals surface area contributed by atoms with Crippen LogP contribution in [0.5, 0.6) is 0 Å². The Hall–Kier alpha value is -2.72. The lowest BCUT2D eigenvalue weighted by Gasteiger charge is -2.18. The lowest BCUT2D eigenvalue weighted by atomic mass is 10.1. The molecule has 154 valence electrons. The quantitative estimate of drug-likeness (QED) is 0.555. The Balaban J connectivity index is 1.48. The summed E-state index contributed by atoms with van der Waals surface area (Å²) in [6.45, 7) is 2.33. The summed E-state index contributed by atoms with van der Waals surface area (Å²) in [6.07, 6.45) is 2.08. The summed E-state index contributed by atoms with van der Waals surface area (Å²) < 4.78 is 2.59. The lowest BCUT2D eigenvalue weighted by Crippen LogP contribution is -2.28. The molecular formula is C20H19BrN6O2S. The first kappa shape index (κ1) is 20.5. The molecule has 1 aliphatic rings. The predicted octanol–water partition coefficient (Wildman–Crippen LogP) is 3.45. The third-order valence-electron chi connectivity index (χ3n) is 4.93. The molecule has 0 spiro atoms. The molecule has 1 saturated heterocycles. The van der Waals surface area contributed by atoms with E-state index in [4.69, 9.17) is 0 Å². The third kappa shape index (κ3) is 4.10. The topological polar surface area (TPSA) is 93.0 Å². The van der Waals surface area contributed by atoms with E-state index >= 15 is 0 Å². The Morgan fingerprint density at radius 3 is 2.83 bits per heavy atom. The molecule has 2 aromatic carbocycles. The second-order valence-electron chi connectivity index (χ2n) is 6.96. The molecule has 8 nitrogen and oxygen atoms in total. The molecule has 0 saturated carbocycles. The van der Waals surface area contributed by atoms with Gasteiger partial charge in [-0.1, -0.05) is 33.8 Å². The van der Waals surface area contributed by atoms with Crippen molar-refractivity contribution in [3.8, 4) is 5.69 Å². The molecule has 1 fully saturated rings. The van der Waals surface area contributed by atoms with Crippen LogP contribution in [0.1, 0.15) is 12.0 Å². The molecule has 4 rings (SSSR count). The number of aryl methyl sites for hydroxylation is 1. The van der Waals surface area contributed by atoms with Crippen LogP contribution in [-0.4, -0.2) is 44.8 Å². The van der Waals surface area contributed by atoms with Crippen LogP contribution in [0.4, 0.5) is 11.4 Å². The fourth-order valence-electron chi connectivity index (χ4n) is 3.36. The number of amides is 2. The number of benzene rings is 2. The van der Waals surface area contributed by atoms with Crippen LogP contribution >= 0.6 is 27.7 Å². The third-order valence-corrected chi connectivity index (χ3v) is 6.44. The fourth-order valence-corrected chi connectivity index (χ4v) is 4.04. The first-order chi connectivity index (χ1) is 14.5. The largest absolute Gasteiger partial charge is 0.326 e. The highest BCUT2D eigenvalue weighted by Gasteiger charge is 2.35. The van der Waals surface area contributed by atoms with Crippen LogP contribution in [-0.2, 0) is 9.59 Å². The maximum atomic E-state index is 12.8. The van der Waals surface area contributed by atoms with Crippen molar-refractivity contribution in [2.24, 2.45) is 5.92 Å². The van der Waals surface area contributed by atoms with Crippen molar-refractivity contribution in [2.75, 3.05) is 23.0 Å². The maximum Gasteiger partial charge on any atom is 0.229 e.